The van der Waals surface area contributed by atoms with Crippen molar-refractivity contribution in [2.75, 3.05) is 32.1 Å². The van der Waals surface area contributed by atoms with Gasteiger partial charge in [-0.05, 0) is 32.0 Å². The fourth-order valence-corrected chi connectivity index (χ4v) is 4.13. The maximum Gasteiger partial charge on any atom is 0.267 e. The number of anilines is 1. The highest BCUT2D eigenvalue weighted by molar-refractivity contribution is 5.97. The number of nitrogens with two attached hydrogens (primary N) is 1. The molecule has 0 aliphatic carbocycles. The van der Waals surface area contributed by atoms with Crippen LogP contribution in [0.4, 0.5) is 5.82 Å². The normalized spacial score (nSPS) is 15.3. The lowest BCUT2D eigenvalue weighted by molar-refractivity contribution is 0.0996. The largest absolute Gasteiger partial charge is 0.364 e. The van der Waals surface area contributed by atoms with Crippen LogP contribution in [-0.4, -0.2) is 52.9 Å². The smallest absolute Gasteiger partial charge is 0.267 e. The molecule has 1 amide bonds. The highest BCUT2D eigenvalue weighted by Crippen LogP contribution is 2.31. The second-order valence-electron chi connectivity index (χ2n) is 8.01. The number of likely N-dealkylation sites (tertiary alicyclic amines) is 1. The number of piperidine rings is 1. The molecule has 0 unspecified atom stereocenters. The summed E-state index contributed by atoms with van der Waals surface area (Å²) in [5.74, 6) is 1.69. The van der Waals surface area contributed by atoms with Gasteiger partial charge < -0.3 is 15.6 Å². The number of hydrogen-bond acceptors (Lipinski definition) is 5. The summed E-state index contributed by atoms with van der Waals surface area (Å²) in [6, 6.07) is 13.9. The minimum absolute atomic E-state index is 0.291. The van der Waals surface area contributed by atoms with E-state index in [4.69, 9.17) is 10.7 Å². The van der Waals surface area contributed by atoms with E-state index in [1.807, 2.05) is 56.7 Å². The topological polar surface area (TPSA) is 91.1 Å². The van der Waals surface area contributed by atoms with Gasteiger partial charge in [-0.1, -0.05) is 36.4 Å². The summed E-state index contributed by atoms with van der Waals surface area (Å²) in [5, 5.41) is 0. The lowest BCUT2D eigenvalue weighted by Crippen LogP contribution is -2.33. The van der Waals surface area contributed by atoms with E-state index < -0.39 is 5.91 Å². The number of amides is 1. The third-order valence-corrected chi connectivity index (χ3v) is 5.68. The van der Waals surface area contributed by atoms with Crippen LogP contribution in [0.1, 0.15) is 40.6 Å². The summed E-state index contributed by atoms with van der Waals surface area (Å²) < 4.78 is 0. The van der Waals surface area contributed by atoms with Gasteiger partial charge >= 0.3 is 0 Å². The van der Waals surface area contributed by atoms with Gasteiger partial charge in [0.15, 0.2) is 0 Å². The second-order valence-corrected chi connectivity index (χ2v) is 8.01. The van der Waals surface area contributed by atoms with Crippen molar-refractivity contribution in [1.82, 2.24) is 19.9 Å². The van der Waals surface area contributed by atoms with Crippen molar-refractivity contribution in [3.63, 3.8) is 0 Å². The van der Waals surface area contributed by atoms with Gasteiger partial charge in [-0.15, -0.1) is 0 Å². The molecule has 0 saturated carbocycles. The zero-order valence-corrected chi connectivity index (χ0v) is 17.5. The number of rotatable bonds is 6. The van der Waals surface area contributed by atoms with Crippen molar-refractivity contribution in [3.05, 3.63) is 65.7 Å². The Morgan fingerprint density at radius 3 is 2.57 bits per heavy atom. The van der Waals surface area contributed by atoms with Gasteiger partial charge in [0.1, 0.15) is 23.0 Å². The van der Waals surface area contributed by atoms with E-state index in [0.717, 1.165) is 49.7 Å². The van der Waals surface area contributed by atoms with Crippen LogP contribution in [0.5, 0.6) is 0 Å². The lowest BCUT2D eigenvalue weighted by Gasteiger charge is -2.31. The van der Waals surface area contributed by atoms with E-state index in [1.165, 1.54) is 5.56 Å². The average Bonchev–Trinajstić information content (AvgIpc) is 3.21. The Kier molecular flexibility index (Phi) is 5.81. The number of nitrogens with zero attached hydrogens (tertiary/aromatic N) is 4. The van der Waals surface area contributed by atoms with Gasteiger partial charge in [0.25, 0.3) is 5.91 Å². The average molecular weight is 405 g/mol. The lowest BCUT2D eigenvalue weighted by atomic mass is 9.96. The molecule has 7 heteroatoms. The van der Waals surface area contributed by atoms with E-state index in [-0.39, 0.29) is 0 Å². The van der Waals surface area contributed by atoms with Crippen molar-refractivity contribution >= 4 is 11.7 Å². The number of aromatic nitrogens is 3. The first-order valence-corrected chi connectivity index (χ1v) is 10.3. The number of primary amides is 1. The molecule has 1 saturated heterocycles. The zero-order valence-electron chi connectivity index (χ0n) is 17.5. The number of hydrogen-bond donors (Lipinski definition) is 2. The number of pyridine rings is 1. The highest BCUT2D eigenvalue weighted by Gasteiger charge is 2.26. The minimum Gasteiger partial charge on any atom is -0.364 e. The molecular formula is C23H28N6O. The fourth-order valence-electron chi connectivity index (χ4n) is 4.13. The molecule has 1 fully saturated rings. The van der Waals surface area contributed by atoms with Crippen LogP contribution in [0.25, 0.3) is 11.3 Å². The van der Waals surface area contributed by atoms with Gasteiger partial charge in [-0.2, -0.15) is 0 Å². The van der Waals surface area contributed by atoms with Gasteiger partial charge in [0.05, 0.1) is 0 Å². The van der Waals surface area contributed by atoms with E-state index in [1.54, 1.807) is 0 Å². The van der Waals surface area contributed by atoms with Crippen LogP contribution in [0.15, 0.2) is 48.7 Å². The third kappa shape index (κ3) is 4.21. The molecule has 156 valence electrons. The standard InChI is InChI=1S/C23H28N6O/c1-28(2)23-18(9-6-12-25-23)15-29-13-10-17(11-14-29)22-26-19(20(27-22)21(24)30)16-7-4-3-5-8-16/h3-9,12,17H,10-11,13-15H2,1-2H3,(H2,24,30)(H,26,27). The number of aromatic amines is 1. The van der Waals surface area contributed by atoms with Crippen LogP contribution in [0.3, 0.4) is 0 Å². The number of carbonyl (C=O) groups excluding carboxylic acids is 1. The van der Waals surface area contributed by atoms with Gasteiger partial charge in [-0.25, -0.2) is 9.97 Å². The van der Waals surface area contributed by atoms with Crippen LogP contribution >= 0.6 is 0 Å². The van der Waals surface area contributed by atoms with Crippen molar-refractivity contribution in [3.8, 4) is 11.3 Å². The Hall–Kier alpha value is -3.19. The van der Waals surface area contributed by atoms with E-state index >= 15 is 0 Å². The van der Waals surface area contributed by atoms with Crippen LogP contribution in [-0.2, 0) is 6.54 Å². The summed E-state index contributed by atoms with van der Waals surface area (Å²) >= 11 is 0. The van der Waals surface area contributed by atoms with Crippen LogP contribution in [0, 0.1) is 0 Å². The Balaban J connectivity index is 1.47. The summed E-state index contributed by atoms with van der Waals surface area (Å²) in [4.78, 5) is 29.0. The van der Waals surface area contributed by atoms with E-state index in [9.17, 15) is 4.79 Å². The van der Waals surface area contributed by atoms with Crippen LogP contribution < -0.4 is 10.6 Å². The van der Waals surface area contributed by atoms with Crippen molar-refractivity contribution in [1.29, 1.82) is 0 Å². The Labute approximate surface area is 176 Å². The summed E-state index contributed by atoms with van der Waals surface area (Å²) in [6.45, 7) is 2.83. The van der Waals surface area contributed by atoms with Crippen molar-refractivity contribution < 1.29 is 4.79 Å². The van der Waals surface area contributed by atoms with Gasteiger partial charge in [-0.3, -0.25) is 9.69 Å². The number of H-pyrrole nitrogens is 1. The molecule has 0 atom stereocenters. The number of benzene rings is 1. The first kappa shape index (κ1) is 20.1. The maximum atomic E-state index is 12.0. The summed E-state index contributed by atoms with van der Waals surface area (Å²) in [5.41, 5.74) is 8.79. The maximum absolute atomic E-state index is 12.0. The molecule has 7 nitrogen and oxygen atoms in total. The Morgan fingerprint density at radius 1 is 1.17 bits per heavy atom. The predicted molar refractivity (Wildman–Crippen MR) is 118 cm³/mol. The molecule has 2 aromatic heterocycles. The van der Waals surface area contributed by atoms with Crippen molar-refractivity contribution in [2.24, 2.45) is 5.73 Å². The molecule has 0 bridgehead atoms. The SMILES string of the molecule is CN(C)c1ncccc1CN1CCC(c2nc(-c3ccccc3)c(C(N)=O)[nH]2)CC1. The molecule has 30 heavy (non-hydrogen) atoms. The number of carbonyl (C=O) groups is 1. The summed E-state index contributed by atoms with van der Waals surface area (Å²) in [6.07, 6.45) is 3.80. The monoisotopic (exact) mass is 404 g/mol. The first-order valence-electron chi connectivity index (χ1n) is 10.3. The quantitative estimate of drug-likeness (QED) is 0.659. The van der Waals surface area contributed by atoms with Crippen LogP contribution in [0.2, 0.25) is 0 Å². The molecule has 3 N–H and O–H groups in total. The Morgan fingerprint density at radius 2 is 1.90 bits per heavy atom. The molecular weight excluding hydrogens is 376 g/mol. The first-order chi connectivity index (χ1) is 14.5. The van der Waals surface area contributed by atoms with E-state index in [0.29, 0.717) is 17.3 Å². The highest BCUT2D eigenvalue weighted by atomic mass is 16.1. The fraction of sp³-hybridized carbons (Fsp3) is 0.348. The van der Waals surface area contributed by atoms with Crippen molar-refractivity contribution in [2.45, 2.75) is 25.3 Å². The molecule has 1 aliphatic rings. The van der Waals surface area contributed by atoms with E-state index in [2.05, 4.69) is 25.8 Å². The molecule has 1 aliphatic heterocycles. The molecule has 3 aromatic rings. The molecule has 0 spiro atoms. The molecule has 3 heterocycles. The third-order valence-electron chi connectivity index (χ3n) is 5.68. The predicted octanol–water partition coefficient (Wildman–Crippen LogP) is 3.02. The summed E-state index contributed by atoms with van der Waals surface area (Å²) in [7, 11) is 4.05. The molecule has 4 rings (SSSR count). The number of imidazole rings is 1. The molecule has 0 radical (unpaired) electrons. The molecule has 1 aromatic carbocycles. The van der Waals surface area contributed by atoms with Gasteiger partial charge in [0.2, 0.25) is 0 Å². The Bertz CT molecular complexity index is 1010. The number of nitrogens with one attached hydrogen (secondary N) is 1. The van der Waals surface area contributed by atoms with Gasteiger partial charge in [0, 0.05) is 43.9 Å². The second kappa shape index (κ2) is 8.67. The zero-order chi connectivity index (χ0) is 21.1. The minimum atomic E-state index is -0.474.